The zero-order valence-corrected chi connectivity index (χ0v) is 13.1. The third-order valence-corrected chi connectivity index (χ3v) is 4.01. The molecule has 5 nitrogen and oxygen atoms in total. The van der Waals surface area contributed by atoms with E-state index in [4.69, 9.17) is 4.74 Å². The van der Waals surface area contributed by atoms with Crippen LogP contribution in [0.3, 0.4) is 0 Å². The lowest BCUT2D eigenvalue weighted by atomic mass is 10.1. The molecule has 0 aliphatic carbocycles. The highest BCUT2D eigenvalue weighted by Gasteiger charge is 2.26. The zero-order valence-electron chi connectivity index (χ0n) is 13.1. The van der Waals surface area contributed by atoms with Crippen molar-refractivity contribution in [3.05, 3.63) is 53.4 Å². The van der Waals surface area contributed by atoms with Crippen LogP contribution in [0.4, 0.5) is 4.39 Å². The van der Waals surface area contributed by atoms with Gasteiger partial charge < -0.3 is 14.6 Å². The standard InChI is InChI=1S/C17H20FN3O2/c1-12-10-19-17(20-12)15-11-21(8-9-23-15)16(22)7-6-13-4-2-3-5-14(13)18/h2-5,10,15H,6-9,11H2,1H3,(H,19,20)/t15-/m1/s1. The number of nitrogens with one attached hydrogen (secondary N) is 1. The number of aryl methyl sites for hydroxylation is 2. The quantitative estimate of drug-likeness (QED) is 0.942. The van der Waals surface area contributed by atoms with Crippen LogP contribution < -0.4 is 0 Å². The minimum atomic E-state index is -0.258. The Bertz CT molecular complexity index is 686. The number of H-pyrrole nitrogens is 1. The Morgan fingerprint density at radius 2 is 2.30 bits per heavy atom. The van der Waals surface area contributed by atoms with Gasteiger partial charge in [0.15, 0.2) is 0 Å². The summed E-state index contributed by atoms with van der Waals surface area (Å²) in [4.78, 5) is 21.6. The Labute approximate surface area is 134 Å². The first-order valence-electron chi connectivity index (χ1n) is 7.78. The molecule has 1 atom stereocenters. The highest BCUT2D eigenvalue weighted by atomic mass is 19.1. The summed E-state index contributed by atoms with van der Waals surface area (Å²) in [7, 11) is 0. The number of hydrogen-bond donors (Lipinski definition) is 1. The van der Waals surface area contributed by atoms with Crippen LogP contribution in [-0.4, -0.2) is 40.5 Å². The average molecular weight is 317 g/mol. The Morgan fingerprint density at radius 3 is 3.04 bits per heavy atom. The summed E-state index contributed by atoms with van der Waals surface area (Å²) >= 11 is 0. The lowest BCUT2D eigenvalue weighted by Gasteiger charge is -2.32. The van der Waals surface area contributed by atoms with Gasteiger partial charge in [-0.3, -0.25) is 4.79 Å². The molecule has 23 heavy (non-hydrogen) atoms. The van der Waals surface area contributed by atoms with Crippen molar-refractivity contribution in [2.24, 2.45) is 0 Å². The Hall–Kier alpha value is -2.21. The number of benzene rings is 1. The van der Waals surface area contributed by atoms with Crippen molar-refractivity contribution < 1.29 is 13.9 Å². The fourth-order valence-electron chi connectivity index (χ4n) is 2.74. The topological polar surface area (TPSA) is 58.2 Å². The third kappa shape index (κ3) is 3.76. The summed E-state index contributed by atoms with van der Waals surface area (Å²) in [6, 6.07) is 6.58. The third-order valence-electron chi connectivity index (χ3n) is 4.01. The van der Waals surface area contributed by atoms with Gasteiger partial charge in [0.05, 0.1) is 13.2 Å². The number of carbonyl (C=O) groups excluding carboxylic acids is 1. The smallest absolute Gasteiger partial charge is 0.223 e. The molecule has 2 aromatic rings. The van der Waals surface area contributed by atoms with Crippen molar-refractivity contribution in [2.45, 2.75) is 25.9 Å². The SMILES string of the molecule is Cc1cnc([C@H]2CN(C(=O)CCc3ccccc3F)CCO2)[nH]1. The molecule has 1 aliphatic heterocycles. The van der Waals surface area contributed by atoms with E-state index in [0.717, 1.165) is 11.5 Å². The Morgan fingerprint density at radius 1 is 1.48 bits per heavy atom. The maximum Gasteiger partial charge on any atom is 0.223 e. The second-order valence-electron chi connectivity index (χ2n) is 5.74. The number of aromatic amines is 1. The van der Waals surface area contributed by atoms with Gasteiger partial charge in [-0.15, -0.1) is 0 Å². The lowest BCUT2D eigenvalue weighted by molar-refractivity contribution is -0.139. The summed E-state index contributed by atoms with van der Waals surface area (Å²) in [6.07, 6.45) is 2.23. The van der Waals surface area contributed by atoms with Crippen molar-refractivity contribution >= 4 is 5.91 Å². The Kier molecular flexibility index (Phi) is 4.71. The monoisotopic (exact) mass is 317 g/mol. The number of rotatable bonds is 4. The van der Waals surface area contributed by atoms with E-state index >= 15 is 0 Å². The first kappa shape index (κ1) is 15.7. The van der Waals surface area contributed by atoms with Crippen molar-refractivity contribution in [1.29, 1.82) is 0 Å². The zero-order chi connectivity index (χ0) is 16.2. The second kappa shape index (κ2) is 6.91. The van der Waals surface area contributed by atoms with Crippen LogP contribution in [0.5, 0.6) is 0 Å². The van der Waals surface area contributed by atoms with Gasteiger partial charge in [-0.2, -0.15) is 0 Å². The molecule has 6 heteroatoms. The number of halogens is 1. The van der Waals surface area contributed by atoms with Gasteiger partial charge in [-0.05, 0) is 25.0 Å². The molecule has 0 unspecified atom stereocenters. The van der Waals surface area contributed by atoms with E-state index in [-0.39, 0.29) is 17.8 Å². The largest absolute Gasteiger partial charge is 0.367 e. The molecule has 1 fully saturated rings. The van der Waals surface area contributed by atoms with Gasteiger partial charge in [-0.25, -0.2) is 9.37 Å². The van der Waals surface area contributed by atoms with Gasteiger partial charge in [0, 0.05) is 24.9 Å². The van der Waals surface area contributed by atoms with Crippen molar-refractivity contribution in [1.82, 2.24) is 14.9 Å². The number of carbonyl (C=O) groups is 1. The molecular formula is C17H20FN3O2. The fraction of sp³-hybridized carbons (Fsp3) is 0.412. The van der Waals surface area contributed by atoms with Crippen LogP contribution in [0.15, 0.2) is 30.5 Å². The number of ether oxygens (including phenoxy) is 1. The first-order valence-corrected chi connectivity index (χ1v) is 7.78. The molecule has 1 aromatic heterocycles. The number of amides is 1. The van der Waals surface area contributed by atoms with Gasteiger partial charge in [-0.1, -0.05) is 18.2 Å². The number of hydrogen-bond acceptors (Lipinski definition) is 3. The molecule has 0 radical (unpaired) electrons. The van der Waals surface area contributed by atoms with Crippen molar-refractivity contribution in [3.63, 3.8) is 0 Å². The fourth-order valence-corrected chi connectivity index (χ4v) is 2.74. The minimum Gasteiger partial charge on any atom is -0.367 e. The molecule has 0 spiro atoms. The van der Waals surface area contributed by atoms with Crippen molar-refractivity contribution in [2.75, 3.05) is 19.7 Å². The van der Waals surface area contributed by atoms with Crippen molar-refractivity contribution in [3.8, 4) is 0 Å². The summed E-state index contributed by atoms with van der Waals surface area (Å²) in [5, 5.41) is 0. The maximum absolute atomic E-state index is 13.6. The van der Waals surface area contributed by atoms with Crippen LogP contribution in [0.1, 0.15) is 29.6 Å². The van der Waals surface area contributed by atoms with Gasteiger partial charge in [0.1, 0.15) is 17.7 Å². The predicted molar refractivity (Wildman–Crippen MR) is 83.3 cm³/mol. The average Bonchev–Trinajstić information content (AvgIpc) is 3.00. The van der Waals surface area contributed by atoms with Crippen LogP contribution >= 0.6 is 0 Å². The van der Waals surface area contributed by atoms with Gasteiger partial charge >= 0.3 is 0 Å². The van der Waals surface area contributed by atoms with Crippen LogP contribution in [0, 0.1) is 12.7 Å². The summed E-state index contributed by atoms with van der Waals surface area (Å²) in [5.74, 6) is 0.505. The van der Waals surface area contributed by atoms with Gasteiger partial charge in [0.25, 0.3) is 0 Å². The Balaban J connectivity index is 1.58. The van der Waals surface area contributed by atoms with E-state index in [0.29, 0.717) is 38.1 Å². The second-order valence-corrected chi connectivity index (χ2v) is 5.74. The van der Waals surface area contributed by atoms with E-state index < -0.39 is 0 Å². The van der Waals surface area contributed by atoms with Crippen LogP contribution in [-0.2, 0) is 16.0 Å². The number of imidazole rings is 1. The van der Waals surface area contributed by atoms with Gasteiger partial charge in [0.2, 0.25) is 5.91 Å². The van der Waals surface area contributed by atoms with E-state index in [9.17, 15) is 9.18 Å². The molecule has 1 N–H and O–H groups in total. The van der Waals surface area contributed by atoms with Crippen LogP contribution in [0.2, 0.25) is 0 Å². The number of nitrogens with zero attached hydrogens (tertiary/aromatic N) is 2. The number of morpholine rings is 1. The molecule has 3 rings (SSSR count). The molecule has 1 amide bonds. The summed E-state index contributed by atoms with van der Waals surface area (Å²) in [5.41, 5.74) is 1.54. The van der Waals surface area contributed by atoms with E-state index in [1.54, 1.807) is 29.3 Å². The molecule has 1 aromatic carbocycles. The maximum atomic E-state index is 13.6. The highest BCUT2D eigenvalue weighted by molar-refractivity contribution is 5.76. The molecule has 1 aliphatic rings. The number of aromatic nitrogens is 2. The lowest BCUT2D eigenvalue weighted by Crippen LogP contribution is -2.42. The first-order chi connectivity index (χ1) is 11.1. The predicted octanol–water partition coefficient (Wildman–Crippen LogP) is 2.39. The molecule has 0 bridgehead atoms. The molecule has 1 saturated heterocycles. The summed E-state index contributed by atoms with van der Waals surface area (Å²) in [6.45, 7) is 3.45. The molecule has 122 valence electrons. The molecule has 2 heterocycles. The minimum absolute atomic E-state index is 0.0184. The highest BCUT2D eigenvalue weighted by Crippen LogP contribution is 2.20. The normalized spacial score (nSPS) is 18.2. The van der Waals surface area contributed by atoms with Crippen LogP contribution in [0.25, 0.3) is 0 Å². The van der Waals surface area contributed by atoms with E-state index in [1.165, 1.54) is 6.07 Å². The molecule has 0 saturated carbocycles. The van der Waals surface area contributed by atoms with E-state index in [1.807, 2.05) is 6.92 Å². The summed E-state index contributed by atoms with van der Waals surface area (Å²) < 4.78 is 19.3. The van der Waals surface area contributed by atoms with E-state index in [2.05, 4.69) is 9.97 Å². The molecular weight excluding hydrogens is 297 g/mol.